The van der Waals surface area contributed by atoms with Crippen LogP contribution in [0.25, 0.3) is 22.3 Å². The Morgan fingerprint density at radius 1 is 1.00 bits per heavy atom. The Kier molecular flexibility index (Phi) is 5.17. The maximum atomic E-state index is 13.1. The van der Waals surface area contributed by atoms with Gasteiger partial charge in [0.05, 0.1) is 17.1 Å². The van der Waals surface area contributed by atoms with E-state index in [9.17, 15) is 4.79 Å². The van der Waals surface area contributed by atoms with Gasteiger partial charge in [-0.15, -0.1) is 6.42 Å². The van der Waals surface area contributed by atoms with Crippen molar-refractivity contribution in [3.8, 4) is 29.5 Å². The van der Waals surface area contributed by atoms with Crippen LogP contribution >= 0.6 is 0 Å². The quantitative estimate of drug-likeness (QED) is 0.390. The number of hydrogen-bond acceptors (Lipinski definition) is 4. The molecule has 1 heterocycles. The van der Waals surface area contributed by atoms with Crippen LogP contribution in [0.5, 0.6) is 5.75 Å². The number of para-hydroxylation sites is 1. The zero-order valence-electron chi connectivity index (χ0n) is 15.5. The van der Waals surface area contributed by atoms with Gasteiger partial charge < -0.3 is 4.74 Å². The van der Waals surface area contributed by atoms with Crippen LogP contribution in [0.3, 0.4) is 0 Å². The summed E-state index contributed by atoms with van der Waals surface area (Å²) in [5, 5.41) is 4.95. The Bertz CT molecular complexity index is 1270. The van der Waals surface area contributed by atoms with E-state index in [4.69, 9.17) is 11.2 Å². The van der Waals surface area contributed by atoms with Crippen molar-refractivity contribution in [2.45, 2.75) is 0 Å². The van der Waals surface area contributed by atoms with Crippen LogP contribution in [-0.4, -0.2) is 22.5 Å². The number of ether oxygens (including phenoxy) is 1. The third-order valence-electron chi connectivity index (χ3n) is 4.31. The lowest BCUT2D eigenvalue weighted by molar-refractivity contribution is 0.370. The summed E-state index contributed by atoms with van der Waals surface area (Å²) in [7, 11) is 0. The third kappa shape index (κ3) is 3.92. The number of terminal acetylenes is 1. The van der Waals surface area contributed by atoms with Gasteiger partial charge in [-0.3, -0.25) is 4.79 Å². The second-order valence-corrected chi connectivity index (χ2v) is 6.24. The molecule has 1 aromatic heterocycles. The molecule has 29 heavy (non-hydrogen) atoms. The van der Waals surface area contributed by atoms with E-state index in [1.54, 1.807) is 24.4 Å². The van der Waals surface area contributed by atoms with Crippen molar-refractivity contribution in [3.63, 3.8) is 0 Å². The molecule has 0 saturated carbocycles. The van der Waals surface area contributed by atoms with E-state index < -0.39 is 0 Å². The molecule has 5 heteroatoms. The van der Waals surface area contributed by atoms with E-state index in [0.29, 0.717) is 22.5 Å². The van der Waals surface area contributed by atoms with E-state index in [1.165, 1.54) is 4.68 Å². The number of rotatable bonds is 5. The van der Waals surface area contributed by atoms with Crippen LogP contribution in [0.2, 0.25) is 0 Å². The average molecular weight is 379 g/mol. The van der Waals surface area contributed by atoms with Crippen LogP contribution in [0.4, 0.5) is 0 Å². The topological polar surface area (TPSA) is 56.5 Å². The molecule has 140 valence electrons. The number of nitrogens with zero attached hydrogens (tertiary/aromatic N) is 3. The van der Waals surface area contributed by atoms with Crippen molar-refractivity contribution < 1.29 is 4.74 Å². The van der Waals surface area contributed by atoms with E-state index in [1.807, 2.05) is 60.7 Å². The third-order valence-corrected chi connectivity index (χ3v) is 4.31. The average Bonchev–Trinajstić information content (AvgIpc) is 2.78. The molecule has 0 fully saturated rings. The summed E-state index contributed by atoms with van der Waals surface area (Å²) in [5.74, 6) is 3.59. The fourth-order valence-electron chi connectivity index (χ4n) is 2.90. The zero-order valence-corrected chi connectivity index (χ0v) is 15.5. The summed E-state index contributed by atoms with van der Waals surface area (Å²) in [6.07, 6.45) is 6.82. The van der Waals surface area contributed by atoms with Crippen molar-refractivity contribution in [1.82, 2.24) is 9.66 Å². The molecule has 0 aliphatic heterocycles. The number of fused-ring (bicyclic) bond motifs is 1. The smallest absolute Gasteiger partial charge is 0.282 e. The second-order valence-electron chi connectivity index (χ2n) is 6.24. The summed E-state index contributed by atoms with van der Waals surface area (Å²) in [6.45, 7) is 0.214. The molecule has 0 radical (unpaired) electrons. The Hall–Kier alpha value is -4.17. The minimum absolute atomic E-state index is 0.214. The van der Waals surface area contributed by atoms with Crippen LogP contribution in [-0.2, 0) is 0 Å². The maximum absolute atomic E-state index is 13.1. The monoisotopic (exact) mass is 379 g/mol. The van der Waals surface area contributed by atoms with Gasteiger partial charge in [0.2, 0.25) is 0 Å². The van der Waals surface area contributed by atoms with Crippen LogP contribution in [0.15, 0.2) is 88.8 Å². The number of hydrogen-bond donors (Lipinski definition) is 0. The molecule has 0 unspecified atom stereocenters. The van der Waals surface area contributed by atoms with Crippen LogP contribution < -0.4 is 10.3 Å². The standard InChI is InChI=1S/C24H17N3O2/c1-2-16-29-20-14-12-18(13-15-20)17-25-27-23(19-8-4-3-5-9-19)26-22-11-7-6-10-21(22)24(27)28/h1,3-15,17H,16H2. The first-order valence-corrected chi connectivity index (χ1v) is 9.04. The molecule has 3 aromatic carbocycles. The Balaban J connectivity index is 1.78. The molecule has 5 nitrogen and oxygen atoms in total. The molecule has 4 rings (SSSR count). The summed E-state index contributed by atoms with van der Waals surface area (Å²) in [5.41, 5.74) is 2.04. The highest BCUT2D eigenvalue weighted by atomic mass is 16.5. The molecule has 0 atom stereocenters. The first-order chi connectivity index (χ1) is 14.3. The van der Waals surface area contributed by atoms with Crippen molar-refractivity contribution in [1.29, 1.82) is 0 Å². The molecule has 0 spiro atoms. The molecule has 0 bridgehead atoms. The van der Waals surface area contributed by atoms with Gasteiger partial charge in [-0.05, 0) is 42.0 Å². The Labute approximate surface area is 167 Å². The highest BCUT2D eigenvalue weighted by Crippen LogP contribution is 2.18. The van der Waals surface area contributed by atoms with Crippen molar-refractivity contribution in [2.24, 2.45) is 5.10 Å². The Morgan fingerprint density at radius 2 is 1.72 bits per heavy atom. The molecular formula is C24H17N3O2. The number of benzene rings is 3. The molecule has 0 saturated heterocycles. The Morgan fingerprint density at radius 3 is 2.48 bits per heavy atom. The summed E-state index contributed by atoms with van der Waals surface area (Å²) >= 11 is 0. The molecule has 0 aliphatic carbocycles. The van der Waals surface area contributed by atoms with Crippen LogP contribution in [0.1, 0.15) is 5.56 Å². The second kappa shape index (κ2) is 8.24. The van der Waals surface area contributed by atoms with Crippen molar-refractivity contribution in [2.75, 3.05) is 6.61 Å². The zero-order chi connectivity index (χ0) is 20.1. The van der Waals surface area contributed by atoms with Crippen molar-refractivity contribution in [3.05, 3.63) is 94.8 Å². The van der Waals surface area contributed by atoms with Gasteiger partial charge in [0.15, 0.2) is 5.82 Å². The highest BCUT2D eigenvalue weighted by molar-refractivity contribution is 5.82. The van der Waals surface area contributed by atoms with E-state index in [0.717, 1.165) is 11.1 Å². The van der Waals surface area contributed by atoms with Crippen LogP contribution in [0, 0.1) is 12.3 Å². The van der Waals surface area contributed by atoms with Gasteiger partial charge in [-0.25, -0.2) is 4.98 Å². The van der Waals surface area contributed by atoms with Gasteiger partial charge in [-0.1, -0.05) is 48.4 Å². The molecule has 4 aromatic rings. The highest BCUT2D eigenvalue weighted by Gasteiger charge is 2.11. The van der Waals surface area contributed by atoms with E-state index in [2.05, 4.69) is 16.0 Å². The fourth-order valence-corrected chi connectivity index (χ4v) is 2.90. The largest absolute Gasteiger partial charge is 0.481 e. The molecule has 0 aliphatic rings. The lowest BCUT2D eigenvalue weighted by Crippen LogP contribution is -2.20. The molecule has 0 N–H and O–H groups in total. The van der Waals surface area contributed by atoms with Gasteiger partial charge in [-0.2, -0.15) is 9.78 Å². The van der Waals surface area contributed by atoms with E-state index >= 15 is 0 Å². The van der Waals surface area contributed by atoms with Gasteiger partial charge in [0.25, 0.3) is 5.56 Å². The summed E-state index contributed by atoms with van der Waals surface area (Å²) < 4.78 is 6.71. The lowest BCUT2D eigenvalue weighted by atomic mass is 10.2. The first-order valence-electron chi connectivity index (χ1n) is 9.04. The first kappa shape index (κ1) is 18.2. The predicted molar refractivity (Wildman–Crippen MR) is 115 cm³/mol. The SMILES string of the molecule is C#CCOc1ccc(C=Nn2c(-c3ccccc3)nc3ccccc3c2=O)cc1. The van der Waals surface area contributed by atoms with Gasteiger partial charge in [0, 0.05) is 5.56 Å². The van der Waals surface area contributed by atoms with E-state index in [-0.39, 0.29) is 12.2 Å². The maximum Gasteiger partial charge on any atom is 0.282 e. The number of aromatic nitrogens is 2. The minimum atomic E-state index is -0.223. The molecule has 0 amide bonds. The summed E-state index contributed by atoms with van der Waals surface area (Å²) in [6, 6.07) is 24.1. The minimum Gasteiger partial charge on any atom is -0.481 e. The van der Waals surface area contributed by atoms with Gasteiger partial charge in [0.1, 0.15) is 12.4 Å². The fraction of sp³-hybridized carbons (Fsp3) is 0.0417. The predicted octanol–water partition coefficient (Wildman–Crippen LogP) is 3.96. The van der Waals surface area contributed by atoms with Gasteiger partial charge >= 0.3 is 0 Å². The van der Waals surface area contributed by atoms with Crippen molar-refractivity contribution >= 4 is 17.1 Å². The summed E-state index contributed by atoms with van der Waals surface area (Å²) in [4.78, 5) is 17.8. The lowest BCUT2D eigenvalue weighted by Gasteiger charge is -2.09. The normalized spacial score (nSPS) is 10.9. The molecular weight excluding hydrogens is 362 g/mol.